The molecular weight excluding hydrogens is 689 g/mol. The summed E-state index contributed by atoms with van der Waals surface area (Å²) in [4.78, 5) is 30.6. The lowest BCUT2D eigenvalue weighted by Gasteiger charge is -2.71. The Labute approximate surface area is 315 Å². The van der Waals surface area contributed by atoms with Gasteiger partial charge < -0.3 is 20.4 Å². The van der Waals surface area contributed by atoms with Crippen LogP contribution < -0.4 is 5.32 Å². The molecule has 0 radical (unpaired) electrons. The van der Waals surface area contributed by atoms with Crippen molar-refractivity contribution in [3.63, 3.8) is 0 Å². The Kier molecular flexibility index (Phi) is 8.59. The van der Waals surface area contributed by atoms with Gasteiger partial charge >= 0.3 is 12.2 Å². The van der Waals surface area contributed by atoms with Crippen LogP contribution in [0.25, 0.3) is 10.8 Å². The zero-order valence-electron chi connectivity index (χ0n) is 31.5. The van der Waals surface area contributed by atoms with E-state index < -0.39 is 45.5 Å². The lowest BCUT2D eigenvalue weighted by Crippen LogP contribution is -2.67. The van der Waals surface area contributed by atoms with Gasteiger partial charge in [-0.05, 0) is 105 Å². The predicted molar refractivity (Wildman–Crippen MR) is 202 cm³/mol. The molecule has 0 aliphatic heterocycles. The van der Waals surface area contributed by atoms with Crippen LogP contribution in [0.4, 0.5) is 18.0 Å². The quantitative estimate of drug-likeness (QED) is 0.167. The maximum atomic E-state index is 14.9. The van der Waals surface area contributed by atoms with Crippen LogP contribution in [0.1, 0.15) is 94.1 Å². The van der Waals surface area contributed by atoms with Gasteiger partial charge in [0.2, 0.25) is 0 Å². The minimum Gasteiger partial charge on any atom is -0.393 e. The molecule has 0 aromatic heterocycles. The fourth-order valence-corrected chi connectivity index (χ4v) is 12.1. The molecule has 1 unspecified atom stereocenters. The number of ketones is 1. The lowest BCUT2D eigenvalue weighted by atomic mass is 9.32. The average Bonchev–Trinajstić information content (AvgIpc) is 3.40. The van der Waals surface area contributed by atoms with Crippen molar-refractivity contribution < 1.29 is 33.0 Å². The van der Waals surface area contributed by atoms with Crippen LogP contribution in [0.15, 0.2) is 90.5 Å². The van der Waals surface area contributed by atoms with Crippen molar-refractivity contribution in [3.05, 3.63) is 107 Å². The van der Waals surface area contributed by atoms with Crippen molar-refractivity contribution in [1.29, 1.82) is 0 Å². The van der Waals surface area contributed by atoms with Gasteiger partial charge in [-0.25, -0.2) is 4.79 Å². The predicted octanol–water partition coefficient (Wildman–Crippen LogP) is 9.25. The van der Waals surface area contributed by atoms with Gasteiger partial charge in [-0.15, -0.1) is 0 Å². The molecule has 6 aliphatic carbocycles. The summed E-state index contributed by atoms with van der Waals surface area (Å²) in [6, 6.07) is 18.4. The Morgan fingerprint density at radius 3 is 2.35 bits per heavy atom. The Balaban J connectivity index is 1.21. The monoisotopic (exact) mass is 740 g/mol. The molecule has 9 heteroatoms. The van der Waals surface area contributed by atoms with Crippen LogP contribution in [0, 0.1) is 33.5 Å². The maximum Gasteiger partial charge on any atom is 0.416 e. The first kappa shape index (κ1) is 37.0. The van der Waals surface area contributed by atoms with Crippen molar-refractivity contribution in [1.82, 2.24) is 10.2 Å². The third kappa shape index (κ3) is 5.35. The Bertz CT molecular complexity index is 2070. The van der Waals surface area contributed by atoms with E-state index in [1.165, 1.54) is 12.1 Å². The summed E-state index contributed by atoms with van der Waals surface area (Å²) in [5.74, 6) is -0.667. The molecular formula is C45H51F3N2O4. The summed E-state index contributed by atoms with van der Waals surface area (Å²) in [6.45, 7) is 8.58. The summed E-state index contributed by atoms with van der Waals surface area (Å²) in [6.07, 6.45) is 5.40. The number of alkyl halides is 3. The van der Waals surface area contributed by atoms with Crippen LogP contribution in [-0.4, -0.2) is 51.2 Å². The molecule has 3 aromatic rings. The van der Waals surface area contributed by atoms with Gasteiger partial charge in [-0.1, -0.05) is 86.7 Å². The first-order valence-corrected chi connectivity index (χ1v) is 19.5. The second kappa shape index (κ2) is 12.5. The molecule has 286 valence electrons. The molecule has 3 aromatic carbocycles. The summed E-state index contributed by atoms with van der Waals surface area (Å²) < 4.78 is 41.8. The van der Waals surface area contributed by atoms with Crippen molar-refractivity contribution in [2.45, 2.75) is 103 Å². The van der Waals surface area contributed by atoms with Crippen molar-refractivity contribution in [2.75, 3.05) is 6.54 Å². The molecule has 0 heterocycles. The van der Waals surface area contributed by atoms with Crippen LogP contribution in [-0.2, 0) is 12.7 Å². The molecule has 0 saturated heterocycles. The van der Waals surface area contributed by atoms with E-state index in [9.17, 15) is 33.0 Å². The number of urea groups is 1. The third-order valence-electron chi connectivity index (χ3n) is 14.8. The lowest BCUT2D eigenvalue weighted by molar-refractivity contribution is -0.174. The molecule has 2 spiro atoms. The Morgan fingerprint density at radius 2 is 1.59 bits per heavy atom. The number of aliphatic hydroxyl groups is 2. The number of aliphatic hydroxyl groups excluding tert-OH is 1. The van der Waals surface area contributed by atoms with Gasteiger partial charge in [-0.2, -0.15) is 13.2 Å². The van der Waals surface area contributed by atoms with Crippen molar-refractivity contribution in [3.8, 4) is 0 Å². The molecule has 54 heavy (non-hydrogen) atoms. The van der Waals surface area contributed by atoms with Gasteiger partial charge in [0.15, 0.2) is 5.78 Å². The summed E-state index contributed by atoms with van der Waals surface area (Å²) >= 11 is 0. The first-order chi connectivity index (χ1) is 25.5. The molecule has 3 fully saturated rings. The fourth-order valence-electron chi connectivity index (χ4n) is 12.1. The van der Waals surface area contributed by atoms with E-state index in [0.29, 0.717) is 50.6 Å². The second-order valence-corrected chi connectivity index (χ2v) is 17.8. The largest absolute Gasteiger partial charge is 0.416 e. The summed E-state index contributed by atoms with van der Waals surface area (Å²) in [5.41, 5.74) is -3.22. The number of hydrogen-bond donors (Lipinski definition) is 3. The van der Waals surface area contributed by atoms with E-state index in [4.69, 9.17) is 0 Å². The van der Waals surface area contributed by atoms with Gasteiger partial charge in [0.25, 0.3) is 0 Å². The van der Waals surface area contributed by atoms with Gasteiger partial charge in [0.05, 0.1) is 23.8 Å². The second-order valence-electron chi connectivity index (χ2n) is 17.8. The molecule has 2 amide bonds. The number of benzene rings is 3. The van der Waals surface area contributed by atoms with Crippen LogP contribution >= 0.6 is 0 Å². The van der Waals surface area contributed by atoms with E-state index in [1.807, 2.05) is 62.4 Å². The summed E-state index contributed by atoms with van der Waals surface area (Å²) in [5, 5.41) is 29.3. The molecule has 6 nitrogen and oxygen atoms in total. The SMILES string of the molecule is CC(C)NC(=O)N(Cc1cccc2ccccc12)C[C@]1(O)CC[C@H]2[C@]34C=C[C@@]5(C=C3C(=O)c3cccc(C(F)(F)F)c3)CC(O)CC[C@]5(C)[C@H]4CC[C@@]21C. The van der Waals surface area contributed by atoms with Gasteiger partial charge in [0.1, 0.15) is 0 Å². The van der Waals surface area contributed by atoms with Crippen LogP contribution in [0.5, 0.6) is 0 Å². The van der Waals surface area contributed by atoms with E-state index in [1.54, 1.807) is 4.90 Å². The number of nitrogens with zero attached hydrogens (tertiary/aromatic N) is 1. The standard InChI is InChI=1S/C45H51F3N2O4/c1-28(2)49-39(53)50(26-31-12-7-10-29-9-5-6-14-34(29)31)27-43(54)20-17-37-41(43,4)19-16-36-40(3)18-15-33(51)24-42(40)21-22-44(36,37)35(25-42)38(52)30-11-8-13-32(23-30)45(46,47)48/h5-14,21-23,25,28,33,36-37,51,54H,15-20,24,26-27H2,1-4H3,(H,49,53)/t33?,36-,37-,40-,41+,42+,43-,44-/m1/s1. The number of rotatable bonds is 7. The van der Waals surface area contributed by atoms with E-state index in [2.05, 4.69) is 31.3 Å². The zero-order chi connectivity index (χ0) is 38.5. The minimum absolute atomic E-state index is 0.00762. The Morgan fingerprint density at radius 1 is 0.907 bits per heavy atom. The van der Waals surface area contributed by atoms with Gasteiger partial charge in [0, 0.05) is 40.0 Å². The minimum atomic E-state index is -4.60. The number of allylic oxidation sites excluding steroid dienone is 4. The summed E-state index contributed by atoms with van der Waals surface area (Å²) in [7, 11) is 0. The van der Waals surface area contributed by atoms with Crippen LogP contribution in [0.3, 0.4) is 0 Å². The molecule has 3 N–H and O–H groups in total. The van der Waals surface area contributed by atoms with Crippen molar-refractivity contribution in [2.24, 2.45) is 33.5 Å². The zero-order valence-corrected chi connectivity index (χ0v) is 31.5. The number of carbonyl (C=O) groups is 2. The molecule has 3 saturated carbocycles. The van der Waals surface area contributed by atoms with Crippen molar-refractivity contribution >= 4 is 22.6 Å². The van der Waals surface area contributed by atoms with Gasteiger partial charge in [-0.3, -0.25) is 4.79 Å². The normalized spacial score (nSPS) is 35.3. The fraction of sp³-hybridized carbons (Fsp3) is 0.511. The van der Waals surface area contributed by atoms with E-state index >= 15 is 0 Å². The number of carbonyl (C=O) groups excluding carboxylic acids is 2. The first-order valence-electron chi connectivity index (χ1n) is 19.5. The highest BCUT2D eigenvalue weighted by molar-refractivity contribution is 6.10. The highest BCUT2D eigenvalue weighted by Crippen LogP contribution is 2.78. The molecule has 8 atom stereocenters. The molecule has 2 bridgehead atoms. The molecule has 6 aliphatic rings. The number of nitrogens with one attached hydrogen (secondary N) is 1. The highest BCUT2D eigenvalue weighted by Gasteiger charge is 2.74. The van der Waals surface area contributed by atoms with E-state index in [-0.39, 0.29) is 41.4 Å². The Hall–Kier alpha value is -3.95. The average molecular weight is 741 g/mol. The number of fused-ring (bicyclic) bond motifs is 2. The third-order valence-corrected chi connectivity index (χ3v) is 14.8. The van der Waals surface area contributed by atoms with E-state index in [0.717, 1.165) is 34.9 Å². The highest BCUT2D eigenvalue weighted by atomic mass is 19.4. The number of hydrogen-bond acceptors (Lipinski definition) is 4. The smallest absolute Gasteiger partial charge is 0.393 e. The molecule has 9 rings (SSSR count). The van der Waals surface area contributed by atoms with Crippen LogP contribution in [0.2, 0.25) is 0 Å². The number of Topliss-reactive ketones (excluding diaryl/α,β-unsaturated/α-hetero) is 1. The number of halogens is 3. The number of amides is 2. The topological polar surface area (TPSA) is 89.9 Å². The maximum absolute atomic E-state index is 14.9.